The number of hydrogen-bond donors (Lipinski definition) is 2. The molecule has 1 aliphatic rings. The summed E-state index contributed by atoms with van der Waals surface area (Å²) in [5.74, 6) is -0.0754. The topological polar surface area (TPSA) is 66.9 Å². The Hall–Kier alpha value is -1.49. The van der Waals surface area contributed by atoms with E-state index in [-0.39, 0.29) is 11.9 Å². The molecule has 1 aromatic heterocycles. The lowest BCUT2D eigenvalue weighted by Crippen LogP contribution is -2.36. The zero-order chi connectivity index (χ0) is 9.80. The first kappa shape index (κ1) is 9.08. The van der Waals surface area contributed by atoms with E-state index in [1.807, 2.05) is 0 Å². The van der Waals surface area contributed by atoms with E-state index in [4.69, 9.17) is 0 Å². The van der Waals surface area contributed by atoms with Crippen LogP contribution in [0.2, 0.25) is 0 Å². The molecule has 0 aliphatic carbocycles. The molecule has 2 N–H and O–H groups in total. The summed E-state index contributed by atoms with van der Waals surface area (Å²) in [6.45, 7) is 1.82. The molecule has 1 saturated heterocycles. The van der Waals surface area contributed by atoms with Crippen molar-refractivity contribution in [2.24, 2.45) is 0 Å². The number of amides is 1. The Balaban J connectivity index is 1.95. The van der Waals surface area contributed by atoms with Gasteiger partial charge in [-0.3, -0.25) is 4.79 Å². The molecule has 1 aromatic rings. The Morgan fingerprint density at radius 2 is 2.50 bits per heavy atom. The van der Waals surface area contributed by atoms with Crippen molar-refractivity contribution in [1.82, 2.24) is 20.8 Å². The molecular weight excluding hydrogens is 180 g/mol. The van der Waals surface area contributed by atoms with E-state index in [0.717, 1.165) is 19.5 Å². The zero-order valence-electron chi connectivity index (χ0n) is 7.73. The van der Waals surface area contributed by atoms with Gasteiger partial charge in [-0.25, -0.2) is 0 Å². The maximum absolute atomic E-state index is 11.6. The predicted molar refractivity (Wildman–Crippen MR) is 50.8 cm³/mol. The van der Waals surface area contributed by atoms with Gasteiger partial charge in [-0.1, -0.05) is 0 Å². The van der Waals surface area contributed by atoms with Crippen molar-refractivity contribution < 1.29 is 4.79 Å². The molecule has 1 atom stereocenters. The molecule has 2 heterocycles. The fourth-order valence-electron chi connectivity index (χ4n) is 1.47. The minimum absolute atomic E-state index is 0.0754. The van der Waals surface area contributed by atoms with Gasteiger partial charge in [-0.15, -0.1) is 0 Å². The number of aromatic nitrogens is 2. The van der Waals surface area contributed by atoms with Gasteiger partial charge in [0.1, 0.15) is 0 Å². The molecule has 1 unspecified atom stereocenters. The van der Waals surface area contributed by atoms with E-state index in [1.54, 1.807) is 6.07 Å². The molecular formula is C9H12N4O. The second-order valence-electron chi connectivity index (χ2n) is 3.29. The van der Waals surface area contributed by atoms with Crippen LogP contribution in [0.5, 0.6) is 0 Å². The number of hydrogen-bond acceptors (Lipinski definition) is 4. The minimum Gasteiger partial charge on any atom is -0.348 e. The molecule has 1 aliphatic heterocycles. The Morgan fingerprint density at radius 1 is 1.57 bits per heavy atom. The lowest BCUT2D eigenvalue weighted by molar-refractivity contribution is 0.0939. The Bertz CT molecular complexity index is 308. The van der Waals surface area contributed by atoms with Crippen LogP contribution >= 0.6 is 0 Å². The maximum atomic E-state index is 11.6. The van der Waals surface area contributed by atoms with E-state index in [2.05, 4.69) is 20.8 Å². The van der Waals surface area contributed by atoms with Crippen LogP contribution < -0.4 is 10.6 Å². The van der Waals surface area contributed by atoms with E-state index in [0.29, 0.717) is 5.56 Å². The Morgan fingerprint density at radius 3 is 3.14 bits per heavy atom. The van der Waals surface area contributed by atoms with E-state index in [1.165, 1.54) is 12.4 Å². The number of carbonyl (C=O) groups is 1. The summed E-state index contributed by atoms with van der Waals surface area (Å²) in [5.41, 5.74) is 0.562. The van der Waals surface area contributed by atoms with Crippen LogP contribution in [0.1, 0.15) is 16.8 Å². The van der Waals surface area contributed by atoms with Gasteiger partial charge in [0.05, 0.1) is 18.0 Å². The second kappa shape index (κ2) is 4.15. The fourth-order valence-corrected chi connectivity index (χ4v) is 1.47. The first-order valence-corrected chi connectivity index (χ1v) is 4.64. The van der Waals surface area contributed by atoms with Crippen molar-refractivity contribution in [3.8, 4) is 0 Å². The van der Waals surface area contributed by atoms with E-state index >= 15 is 0 Å². The normalized spacial score (nSPS) is 20.7. The van der Waals surface area contributed by atoms with Gasteiger partial charge in [0.15, 0.2) is 0 Å². The number of nitrogens with zero attached hydrogens (tertiary/aromatic N) is 2. The van der Waals surface area contributed by atoms with Crippen molar-refractivity contribution in [2.75, 3.05) is 13.1 Å². The largest absolute Gasteiger partial charge is 0.348 e. The third kappa shape index (κ3) is 2.05. The van der Waals surface area contributed by atoms with Crippen molar-refractivity contribution in [1.29, 1.82) is 0 Å². The maximum Gasteiger partial charge on any atom is 0.253 e. The van der Waals surface area contributed by atoms with Crippen molar-refractivity contribution >= 4 is 5.91 Å². The van der Waals surface area contributed by atoms with Crippen LogP contribution in [-0.4, -0.2) is 35.2 Å². The standard InChI is InChI=1S/C9H12N4O/c14-9(7-1-4-11-12-5-7)13-8-2-3-10-6-8/h1,4-5,8,10H,2-3,6H2,(H,13,14). The lowest BCUT2D eigenvalue weighted by Gasteiger charge is -2.10. The highest BCUT2D eigenvalue weighted by Crippen LogP contribution is 2.00. The minimum atomic E-state index is -0.0754. The monoisotopic (exact) mass is 192 g/mol. The van der Waals surface area contributed by atoms with Gasteiger partial charge in [0.2, 0.25) is 0 Å². The zero-order valence-corrected chi connectivity index (χ0v) is 7.73. The fraction of sp³-hybridized carbons (Fsp3) is 0.444. The SMILES string of the molecule is O=C(NC1CCNC1)c1ccnnc1. The van der Waals surface area contributed by atoms with Crippen LogP contribution in [0.15, 0.2) is 18.5 Å². The van der Waals surface area contributed by atoms with Crippen LogP contribution in [0.25, 0.3) is 0 Å². The second-order valence-corrected chi connectivity index (χ2v) is 3.29. The molecule has 1 amide bonds. The molecule has 0 bridgehead atoms. The molecule has 2 rings (SSSR count). The lowest BCUT2D eigenvalue weighted by atomic mass is 10.2. The molecule has 0 saturated carbocycles. The average molecular weight is 192 g/mol. The first-order valence-electron chi connectivity index (χ1n) is 4.64. The van der Waals surface area contributed by atoms with Gasteiger partial charge in [-0.2, -0.15) is 10.2 Å². The summed E-state index contributed by atoms with van der Waals surface area (Å²) in [6, 6.07) is 1.90. The highest BCUT2D eigenvalue weighted by molar-refractivity contribution is 5.93. The molecule has 0 aromatic carbocycles. The van der Waals surface area contributed by atoms with Gasteiger partial charge < -0.3 is 10.6 Å². The summed E-state index contributed by atoms with van der Waals surface area (Å²) >= 11 is 0. The van der Waals surface area contributed by atoms with Crippen LogP contribution in [0.4, 0.5) is 0 Å². The average Bonchev–Trinajstić information content (AvgIpc) is 2.72. The van der Waals surface area contributed by atoms with Crippen molar-refractivity contribution in [3.05, 3.63) is 24.0 Å². The van der Waals surface area contributed by atoms with Crippen LogP contribution in [0.3, 0.4) is 0 Å². The Kier molecular flexibility index (Phi) is 2.69. The molecule has 0 spiro atoms. The summed E-state index contributed by atoms with van der Waals surface area (Å²) in [7, 11) is 0. The predicted octanol–water partition coefficient (Wildman–Crippen LogP) is -0.432. The third-order valence-corrected chi connectivity index (χ3v) is 2.24. The number of nitrogens with one attached hydrogen (secondary N) is 2. The molecule has 0 radical (unpaired) electrons. The van der Waals surface area contributed by atoms with Crippen LogP contribution in [-0.2, 0) is 0 Å². The van der Waals surface area contributed by atoms with Crippen LogP contribution in [0, 0.1) is 0 Å². The van der Waals surface area contributed by atoms with E-state index < -0.39 is 0 Å². The summed E-state index contributed by atoms with van der Waals surface area (Å²) in [5, 5.41) is 13.4. The van der Waals surface area contributed by atoms with Gasteiger partial charge >= 0.3 is 0 Å². The number of rotatable bonds is 2. The molecule has 74 valence electrons. The quantitative estimate of drug-likeness (QED) is 0.667. The molecule has 5 nitrogen and oxygen atoms in total. The molecule has 14 heavy (non-hydrogen) atoms. The summed E-state index contributed by atoms with van der Waals surface area (Å²) in [4.78, 5) is 11.6. The van der Waals surface area contributed by atoms with E-state index in [9.17, 15) is 4.79 Å². The smallest absolute Gasteiger partial charge is 0.253 e. The van der Waals surface area contributed by atoms with Gasteiger partial charge in [-0.05, 0) is 19.0 Å². The third-order valence-electron chi connectivity index (χ3n) is 2.24. The van der Waals surface area contributed by atoms with Gasteiger partial charge in [0, 0.05) is 12.6 Å². The summed E-state index contributed by atoms with van der Waals surface area (Å²) in [6.07, 6.45) is 3.98. The molecule has 5 heteroatoms. The highest BCUT2D eigenvalue weighted by Gasteiger charge is 2.17. The highest BCUT2D eigenvalue weighted by atomic mass is 16.1. The first-order chi connectivity index (χ1) is 6.86. The molecule has 1 fully saturated rings. The number of carbonyl (C=O) groups excluding carboxylic acids is 1. The van der Waals surface area contributed by atoms with Gasteiger partial charge in [0.25, 0.3) is 5.91 Å². The van der Waals surface area contributed by atoms with Crippen molar-refractivity contribution in [3.63, 3.8) is 0 Å². The summed E-state index contributed by atoms with van der Waals surface area (Å²) < 4.78 is 0. The Labute approximate surface area is 81.9 Å². The van der Waals surface area contributed by atoms with Crippen molar-refractivity contribution in [2.45, 2.75) is 12.5 Å².